The summed E-state index contributed by atoms with van der Waals surface area (Å²) in [7, 11) is 3.52. The zero-order valence-electron chi connectivity index (χ0n) is 14.7. The predicted octanol–water partition coefficient (Wildman–Crippen LogP) is 1.74. The zero-order valence-corrected chi connectivity index (χ0v) is 14.7. The number of nitrogens with zero attached hydrogens (tertiary/aromatic N) is 2. The summed E-state index contributed by atoms with van der Waals surface area (Å²) in [5.41, 5.74) is 2.45. The molecule has 1 aromatic heterocycles. The Morgan fingerprint density at radius 3 is 2.79 bits per heavy atom. The summed E-state index contributed by atoms with van der Waals surface area (Å²) in [6, 6.07) is 8.30. The molecule has 130 valence electrons. The number of nitrogens with one attached hydrogen (secondary N) is 3. The fourth-order valence-corrected chi connectivity index (χ4v) is 2.48. The van der Waals surface area contributed by atoms with E-state index < -0.39 is 0 Å². The number of aromatic nitrogens is 1. The molecule has 0 saturated carbocycles. The molecule has 2 aromatic rings. The van der Waals surface area contributed by atoms with Crippen LogP contribution in [0.4, 0.5) is 0 Å². The number of carbonyl (C=O) groups is 1. The Balaban J connectivity index is 1.85. The molecule has 0 aliphatic heterocycles. The lowest BCUT2D eigenvalue weighted by molar-refractivity contribution is -0.128. The first-order chi connectivity index (χ1) is 11.6. The number of H-pyrrole nitrogens is 1. The van der Waals surface area contributed by atoms with Gasteiger partial charge in [0, 0.05) is 50.7 Å². The number of aromatic amines is 1. The molecule has 1 amide bonds. The number of hydrogen-bond acceptors (Lipinski definition) is 2. The number of carbonyl (C=O) groups excluding carboxylic acids is 1. The van der Waals surface area contributed by atoms with Crippen molar-refractivity contribution in [3.05, 3.63) is 36.0 Å². The Morgan fingerprint density at radius 1 is 1.25 bits per heavy atom. The van der Waals surface area contributed by atoms with Crippen molar-refractivity contribution in [1.29, 1.82) is 0 Å². The number of aliphatic imine (C=N–C) groups is 1. The van der Waals surface area contributed by atoms with Crippen molar-refractivity contribution in [2.45, 2.75) is 19.8 Å². The summed E-state index contributed by atoms with van der Waals surface area (Å²) in [6.07, 6.45) is 3.39. The quantitative estimate of drug-likeness (QED) is 0.535. The van der Waals surface area contributed by atoms with E-state index in [1.165, 1.54) is 10.9 Å². The lowest BCUT2D eigenvalue weighted by Gasteiger charge is -2.12. The van der Waals surface area contributed by atoms with E-state index in [1.807, 2.05) is 13.0 Å². The molecule has 6 heteroatoms. The van der Waals surface area contributed by atoms with E-state index in [0.717, 1.165) is 31.0 Å². The van der Waals surface area contributed by atoms with E-state index in [1.54, 1.807) is 19.0 Å². The first kappa shape index (κ1) is 17.8. The second-order valence-electron chi connectivity index (χ2n) is 5.84. The van der Waals surface area contributed by atoms with Gasteiger partial charge in [0.25, 0.3) is 0 Å². The van der Waals surface area contributed by atoms with Crippen LogP contribution in [0.2, 0.25) is 0 Å². The van der Waals surface area contributed by atoms with Gasteiger partial charge in [0.15, 0.2) is 5.96 Å². The highest BCUT2D eigenvalue weighted by atomic mass is 16.2. The number of para-hydroxylation sites is 1. The van der Waals surface area contributed by atoms with Gasteiger partial charge in [0.05, 0.1) is 6.54 Å². The van der Waals surface area contributed by atoms with Crippen LogP contribution >= 0.6 is 0 Å². The molecule has 0 saturated heterocycles. The third-order valence-electron chi connectivity index (χ3n) is 3.80. The van der Waals surface area contributed by atoms with Gasteiger partial charge in [0.2, 0.25) is 5.91 Å². The van der Waals surface area contributed by atoms with Gasteiger partial charge in [-0.15, -0.1) is 0 Å². The summed E-state index contributed by atoms with van der Waals surface area (Å²) in [6.45, 7) is 4.09. The largest absolute Gasteiger partial charge is 0.361 e. The fraction of sp³-hybridized carbons (Fsp3) is 0.444. The Labute approximate surface area is 143 Å². The van der Waals surface area contributed by atoms with Crippen molar-refractivity contribution in [1.82, 2.24) is 20.5 Å². The van der Waals surface area contributed by atoms with Crippen LogP contribution in [-0.2, 0) is 11.2 Å². The lowest BCUT2D eigenvalue weighted by Crippen LogP contribution is -2.38. The molecular weight excluding hydrogens is 302 g/mol. The van der Waals surface area contributed by atoms with Gasteiger partial charge in [-0.25, -0.2) is 0 Å². The number of rotatable bonds is 7. The average molecular weight is 329 g/mol. The maximum atomic E-state index is 11.6. The molecule has 0 atom stereocenters. The molecule has 0 fully saturated rings. The minimum atomic E-state index is 0.0911. The van der Waals surface area contributed by atoms with Crippen molar-refractivity contribution >= 4 is 22.8 Å². The van der Waals surface area contributed by atoms with Crippen LogP contribution < -0.4 is 10.6 Å². The normalized spacial score (nSPS) is 11.5. The van der Waals surface area contributed by atoms with E-state index >= 15 is 0 Å². The smallest absolute Gasteiger partial charge is 0.223 e. The van der Waals surface area contributed by atoms with E-state index in [0.29, 0.717) is 13.0 Å². The van der Waals surface area contributed by atoms with E-state index in [2.05, 4.69) is 45.0 Å². The minimum absolute atomic E-state index is 0.0911. The number of guanidine groups is 1. The van der Waals surface area contributed by atoms with Crippen LogP contribution in [0.5, 0.6) is 0 Å². The maximum absolute atomic E-state index is 11.6. The van der Waals surface area contributed by atoms with Gasteiger partial charge in [-0.2, -0.15) is 0 Å². The molecule has 1 heterocycles. The maximum Gasteiger partial charge on any atom is 0.223 e. The van der Waals surface area contributed by atoms with Crippen molar-refractivity contribution in [2.75, 3.05) is 33.7 Å². The van der Waals surface area contributed by atoms with Gasteiger partial charge in [-0.1, -0.05) is 18.2 Å². The van der Waals surface area contributed by atoms with Gasteiger partial charge in [-0.3, -0.25) is 9.79 Å². The molecule has 1 aromatic carbocycles. The topological polar surface area (TPSA) is 72.5 Å². The standard InChI is InChI=1S/C18H27N5O/c1-4-19-18(21-12-10-17(24)23(2)3)20-11-9-14-13-22-16-8-6-5-7-15(14)16/h5-8,13,22H,4,9-12H2,1-3H3,(H2,19,20,21). The summed E-state index contributed by atoms with van der Waals surface area (Å²) >= 11 is 0. The van der Waals surface area contributed by atoms with Crippen LogP contribution in [0.15, 0.2) is 35.5 Å². The highest BCUT2D eigenvalue weighted by Crippen LogP contribution is 2.17. The lowest BCUT2D eigenvalue weighted by atomic mass is 10.1. The molecule has 0 radical (unpaired) electrons. The molecule has 6 nitrogen and oxygen atoms in total. The Bertz CT molecular complexity index is 690. The summed E-state index contributed by atoms with van der Waals surface area (Å²) in [4.78, 5) is 20.9. The molecule has 0 aliphatic rings. The SMILES string of the molecule is CCNC(=NCCC(=O)N(C)C)NCCc1c[nH]c2ccccc12. The predicted molar refractivity (Wildman–Crippen MR) is 99.3 cm³/mol. The molecule has 0 bridgehead atoms. The molecule has 24 heavy (non-hydrogen) atoms. The fourth-order valence-electron chi connectivity index (χ4n) is 2.48. The van der Waals surface area contributed by atoms with E-state index in [9.17, 15) is 4.79 Å². The zero-order chi connectivity index (χ0) is 17.4. The molecule has 2 rings (SSSR count). The van der Waals surface area contributed by atoms with Crippen LogP contribution in [0.1, 0.15) is 18.9 Å². The number of amides is 1. The third-order valence-corrected chi connectivity index (χ3v) is 3.80. The molecule has 0 aliphatic carbocycles. The van der Waals surface area contributed by atoms with E-state index in [-0.39, 0.29) is 5.91 Å². The van der Waals surface area contributed by atoms with Crippen LogP contribution in [0.25, 0.3) is 10.9 Å². The molecule has 3 N–H and O–H groups in total. The minimum Gasteiger partial charge on any atom is -0.361 e. The van der Waals surface area contributed by atoms with Crippen LogP contribution in [0.3, 0.4) is 0 Å². The second-order valence-corrected chi connectivity index (χ2v) is 5.84. The third kappa shape index (κ3) is 5.01. The molecule has 0 spiro atoms. The van der Waals surface area contributed by atoms with Crippen molar-refractivity contribution in [3.63, 3.8) is 0 Å². The number of benzene rings is 1. The molecule has 0 unspecified atom stereocenters. The van der Waals surface area contributed by atoms with Crippen molar-refractivity contribution < 1.29 is 4.79 Å². The summed E-state index contributed by atoms with van der Waals surface area (Å²) < 4.78 is 0. The van der Waals surface area contributed by atoms with Crippen molar-refractivity contribution in [2.24, 2.45) is 4.99 Å². The van der Waals surface area contributed by atoms with Gasteiger partial charge in [-0.05, 0) is 25.0 Å². The average Bonchev–Trinajstić information content (AvgIpc) is 2.98. The van der Waals surface area contributed by atoms with Crippen LogP contribution in [-0.4, -0.2) is 55.5 Å². The number of fused-ring (bicyclic) bond motifs is 1. The van der Waals surface area contributed by atoms with Gasteiger partial charge in [0.1, 0.15) is 0 Å². The Morgan fingerprint density at radius 2 is 2.04 bits per heavy atom. The first-order valence-electron chi connectivity index (χ1n) is 8.39. The van der Waals surface area contributed by atoms with Gasteiger partial charge < -0.3 is 20.5 Å². The van der Waals surface area contributed by atoms with Crippen LogP contribution in [0, 0.1) is 0 Å². The first-order valence-corrected chi connectivity index (χ1v) is 8.39. The van der Waals surface area contributed by atoms with E-state index in [4.69, 9.17) is 0 Å². The summed E-state index contributed by atoms with van der Waals surface area (Å²) in [5.74, 6) is 0.845. The summed E-state index contributed by atoms with van der Waals surface area (Å²) in [5, 5.41) is 7.80. The Kier molecular flexibility index (Phi) is 6.66. The Hall–Kier alpha value is -2.50. The highest BCUT2D eigenvalue weighted by Gasteiger charge is 2.05. The monoisotopic (exact) mass is 329 g/mol. The highest BCUT2D eigenvalue weighted by molar-refractivity contribution is 5.83. The molecular formula is C18H27N5O. The van der Waals surface area contributed by atoms with Crippen molar-refractivity contribution in [3.8, 4) is 0 Å². The van der Waals surface area contributed by atoms with Gasteiger partial charge >= 0.3 is 0 Å². The second kappa shape index (κ2) is 8.96. The number of hydrogen-bond donors (Lipinski definition) is 3.